The Labute approximate surface area is 189 Å². The molecule has 6 heteroatoms. The SMILES string of the molecule is CCC(=O)c1cc(Cc2ccc(CNC(=O)Nc3cc(C)cnc3CC)cc2C)ccn1. The van der Waals surface area contributed by atoms with E-state index < -0.39 is 0 Å². The summed E-state index contributed by atoms with van der Waals surface area (Å²) < 4.78 is 0. The summed E-state index contributed by atoms with van der Waals surface area (Å²) in [5.41, 5.74) is 7.53. The molecule has 6 nitrogen and oxygen atoms in total. The molecule has 0 spiro atoms. The fraction of sp³-hybridized carbons (Fsp3) is 0.308. The topological polar surface area (TPSA) is 84.0 Å². The van der Waals surface area contributed by atoms with Gasteiger partial charge in [0, 0.05) is 25.4 Å². The lowest BCUT2D eigenvalue weighted by molar-refractivity contribution is 0.0983. The maximum absolute atomic E-state index is 12.4. The van der Waals surface area contributed by atoms with Crippen LogP contribution in [0.2, 0.25) is 0 Å². The molecule has 2 N–H and O–H groups in total. The summed E-state index contributed by atoms with van der Waals surface area (Å²) in [4.78, 5) is 32.9. The number of aryl methyl sites for hydroxylation is 3. The van der Waals surface area contributed by atoms with Crippen LogP contribution in [0.25, 0.3) is 0 Å². The third-order valence-electron chi connectivity index (χ3n) is 5.38. The first-order valence-electron chi connectivity index (χ1n) is 11.0. The molecule has 0 saturated heterocycles. The van der Waals surface area contributed by atoms with Crippen LogP contribution in [-0.4, -0.2) is 21.8 Å². The van der Waals surface area contributed by atoms with Crippen molar-refractivity contribution in [3.05, 3.63) is 88.0 Å². The van der Waals surface area contributed by atoms with E-state index in [0.717, 1.165) is 46.5 Å². The number of rotatable bonds is 8. The molecule has 0 aliphatic carbocycles. The normalized spacial score (nSPS) is 10.6. The largest absolute Gasteiger partial charge is 0.334 e. The fourth-order valence-electron chi connectivity index (χ4n) is 3.54. The molecule has 2 heterocycles. The Hall–Kier alpha value is -3.54. The third kappa shape index (κ3) is 6.00. The van der Waals surface area contributed by atoms with Crippen molar-refractivity contribution in [3.8, 4) is 0 Å². The zero-order chi connectivity index (χ0) is 23.1. The monoisotopic (exact) mass is 430 g/mol. The fourth-order valence-corrected chi connectivity index (χ4v) is 3.54. The number of ketones is 1. The number of hydrogen-bond donors (Lipinski definition) is 2. The molecule has 0 aliphatic heterocycles. The number of carbonyl (C=O) groups excluding carboxylic acids is 2. The third-order valence-corrected chi connectivity index (χ3v) is 5.38. The van der Waals surface area contributed by atoms with E-state index in [1.54, 1.807) is 12.4 Å². The average molecular weight is 431 g/mol. The highest BCUT2D eigenvalue weighted by molar-refractivity contribution is 5.94. The van der Waals surface area contributed by atoms with Crippen molar-refractivity contribution < 1.29 is 9.59 Å². The minimum absolute atomic E-state index is 0.0516. The number of pyridine rings is 2. The average Bonchev–Trinajstić information content (AvgIpc) is 2.79. The van der Waals surface area contributed by atoms with Gasteiger partial charge in [0.1, 0.15) is 5.69 Å². The molecule has 0 saturated carbocycles. The molecule has 0 aliphatic rings. The van der Waals surface area contributed by atoms with Crippen LogP contribution >= 0.6 is 0 Å². The van der Waals surface area contributed by atoms with Gasteiger partial charge in [-0.15, -0.1) is 0 Å². The Kier molecular flexibility index (Phi) is 7.71. The van der Waals surface area contributed by atoms with Gasteiger partial charge in [-0.25, -0.2) is 4.79 Å². The predicted molar refractivity (Wildman–Crippen MR) is 127 cm³/mol. The van der Waals surface area contributed by atoms with Gasteiger partial charge < -0.3 is 10.6 Å². The highest BCUT2D eigenvalue weighted by atomic mass is 16.2. The van der Waals surface area contributed by atoms with Crippen LogP contribution in [0.4, 0.5) is 10.5 Å². The smallest absolute Gasteiger partial charge is 0.319 e. The Morgan fingerprint density at radius 1 is 0.969 bits per heavy atom. The maximum Gasteiger partial charge on any atom is 0.319 e. The lowest BCUT2D eigenvalue weighted by atomic mass is 9.98. The summed E-state index contributed by atoms with van der Waals surface area (Å²) in [6.07, 6.45) is 5.43. The summed E-state index contributed by atoms with van der Waals surface area (Å²) >= 11 is 0. The second kappa shape index (κ2) is 10.7. The van der Waals surface area contributed by atoms with Crippen molar-refractivity contribution in [3.63, 3.8) is 0 Å². The summed E-state index contributed by atoms with van der Waals surface area (Å²) in [7, 11) is 0. The second-order valence-corrected chi connectivity index (χ2v) is 7.93. The number of benzene rings is 1. The van der Waals surface area contributed by atoms with Crippen LogP contribution in [0.5, 0.6) is 0 Å². The Balaban J connectivity index is 1.61. The molecule has 0 unspecified atom stereocenters. The van der Waals surface area contributed by atoms with E-state index in [1.165, 1.54) is 5.56 Å². The standard InChI is InChI=1S/C26H30N4O2/c1-5-22-23(11-17(3)15-28-22)30-26(32)29-16-20-7-8-21(18(4)12-20)13-19-9-10-27-24(14-19)25(31)6-2/h7-12,14-15H,5-6,13,16H2,1-4H3,(H2,29,30,32). The van der Waals surface area contributed by atoms with E-state index in [4.69, 9.17) is 0 Å². The molecule has 0 radical (unpaired) electrons. The molecule has 32 heavy (non-hydrogen) atoms. The van der Waals surface area contributed by atoms with Crippen molar-refractivity contribution >= 4 is 17.5 Å². The van der Waals surface area contributed by atoms with Crippen LogP contribution in [0.1, 0.15) is 64.3 Å². The molecular formula is C26H30N4O2. The van der Waals surface area contributed by atoms with E-state index >= 15 is 0 Å². The van der Waals surface area contributed by atoms with Crippen LogP contribution in [0.15, 0.2) is 48.8 Å². The zero-order valence-electron chi connectivity index (χ0n) is 19.2. The number of amides is 2. The molecular weight excluding hydrogens is 400 g/mol. The first-order valence-corrected chi connectivity index (χ1v) is 11.0. The van der Waals surface area contributed by atoms with Crippen molar-refractivity contribution in [1.82, 2.24) is 15.3 Å². The Morgan fingerprint density at radius 3 is 2.50 bits per heavy atom. The van der Waals surface area contributed by atoms with Gasteiger partial charge in [-0.3, -0.25) is 14.8 Å². The predicted octanol–water partition coefficient (Wildman–Crippen LogP) is 5.16. The second-order valence-electron chi connectivity index (χ2n) is 7.93. The van der Waals surface area contributed by atoms with Gasteiger partial charge in [0.15, 0.2) is 5.78 Å². The van der Waals surface area contributed by atoms with E-state index in [0.29, 0.717) is 18.7 Å². The number of hydrogen-bond acceptors (Lipinski definition) is 4. The number of carbonyl (C=O) groups is 2. The van der Waals surface area contributed by atoms with Gasteiger partial charge in [-0.2, -0.15) is 0 Å². The summed E-state index contributed by atoms with van der Waals surface area (Å²) in [6, 6.07) is 11.7. The Morgan fingerprint density at radius 2 is 1.78 bits per heavy atom. The maximum atomic E-state index is 12.4. The molecule has 3 aromatic rings. The van der Waals surface area contributed by atoms with E-state index in [9.17, 15) is 9.59 Å². The van der Waals surface area contributed by atoms with Crippen molar-refractivity contribution in [2.24, 2.45) is 0 Å². The first kappa shape index (κ1) is 23.1. The molecule has 2 aromatic heterocycles. The number of urea groups is 1. The van der Waals surface area contributed by atoms with Crippen molar-refractivity contribution in [1.29, 1.82) is 0 Å². The minimum Gasteiger partial charge on any atom is -0.334 e. The molecule has 2 amide bonds. The quantitative estimate of drug-likeness (QED) is 0.484. The van der Waals surface area contributed by atoms with Gasteiger partial charge in [-0.05, 0) is 72.7 Å². The van der Waals surface area contributed by atoms with Gasteiger partial charge in [0.2, 0.25) is 0 Å². The molecule has 1 aromatic carbocycles. The van der Waals surface area contributed by atoms with Crippen LogP contribution in [0.3, 0.4) is 0 Å². The number of nitrogens with one attached hydrogen (secondary N) is 2. The zero-order valence-corrected chi connectivity index (χ0v) is 19.2. The van der Waals surface area contributed by atoms with Crippen LogP contribution in [0, 0.1) is 13.8 Å². The first-order chi connectivity index (χ1) is 15.4. The summed E-state index contributed by atoms with van der Waals surface area (Å²) in [5.74, 6) is 0.0516. The number of nitrogens with zero attached hydrogens (tertiary/aromatic N) is 2. The van der Waals surface area contributed by atoms with Gasteiger partial charge >= 0.3 is 6.03 Å². The Bertz CT molecular complexity index is 1120. The van der Waals surface area contributed by atoms with Crippen LogP contribution < -0.4 is 10.6 Å². The molecule has 0 atom stereocenters. The lowest BCUT2D eigenvalue weighted by Crippen LogP contribution is -2.28. The number of Topliss-reactive ketones (excluding diaryl/α,β-unsaturated/α-hetero) is 1. The number of anilines is 1. The summed E-state index contributed by atoms with van der Waals surface area (Å²) in [5, 5.41) is 5.82. The van der Waals surface area contributed by atoms with Crippen LogP contribution in [-0.2, 0) is 19.4 Å². The highest BCUT2D eigenvalue weighted by Gasteiger charge is 2.09. The van der Waals surface area contributed by atoms with Gasteiger partial charge in [0.05, 0.1) is 11.4 Å². The number of aromatic nitrogens is 2. The highest BCUT2D eigenvalue weighted by Crippen LogP contribution is 2.18. The lowest BCUT2D eigenvalue weighted by Gasteiger charge is -2.13. The minimum atomic E-state index is -0.251. The van der Waals surface area contributed by atoms with E-state index in [2.05, 4.69) is 39.7 Å². The molecule has 3 rings (SSSR count). The molecule has 0 bridgehead atoms. The van der Waals surface area contributed by atoms with E-state index in [-0.39, 0.29) is 11.8 Å². The van der Waals surface area contributed by atoms with Crippen molar-refractivity contribution in [2.45, 2.75) is 53.5 Å². The van der Waals surface area contributed by atoms with Crippen molar-refractivity contribution in [2.75, 3.05) is 5.32 Å². The molecule has 166 valence electrons. The molecule has 0 fully saturated rings. The van der Waals surface area contributed by atoms with Gasteiger partial charge in [0.25, 0.3) is 0 Å². The van der Waals surface area contributed by atoms with Gasteiger partial charge in [-0.1, -0.05) is 32.0 Å². The summed E-state index contributed by atoms with van der Waals surface area (Å²) in [6.45, 7) is 8.30. The van der Waals surface area contributed by atoms with E-state index in [1.807, 2.05) is 45.0 Å².